The highest BCUT2D eigenvalue weighted by molar-refractivity contribution is 9.10. The lowest BCUT2D eigenvalue weighted by molar-refractivity contribution is -0.123. The third-order valence-corrected chi connectivity index (χ3v) is 3.88. The van der Waals surface area contributed by atoms with Gasteiger partial charge in [-0.1, -0.05) is 11.6 Å². The first-order valence-electron chi connectivity index (χ1n) is 7.15. The fraction of sp³-hybridized carbons (Fsp3) is 0.176. The molecule has 2 rings (SSSR count). The first-order valence-corrected chi connectivity index (χ1v) is 8.32. The first-order chi connectivity index (χ1) is 12.0. The highest BCUT2D eigenvalue weighted by Crippen LogP contribution is 2.35. The van der Waals surface area contributed by atoms with Crippen molar-refractivity contribution >= 4 is 39.7 Å². The van der Waals surface area contributed by atoms with Crippen molar-refractivity contribution in [3.63, 3.8) is 0 Å². The standard InChI is InChI=1S/C17H16BrClN2O4/c1-23-15-8-11(7-14(18)17(15)24-2)9-20-21-16(22)10-25-13-5-3-12(19)4-6-13/h3-9H,10H2,1-2H3,(H,21,22)/b20-9-. The Morgan fingerprint density at radius 2 is 1.96 bits per heavy atom. The highest BCUT2D eigenvalue weighted by atomic mass is 79.9. The number of methoxy groups -OCH3 is 2. The van der Waals surface area contributed by atoms with E-state index in [2.05, 4.69) is 26.5 Å². The molecule has 0 fully saturated rings. The van der Waals surface area contributed by atoms with Gasteiger partial charge < -0.3 is 14.2 Å². The molecule has 0 heterocycles. The summed E-state index contributed by atoms with van der Waals surface area (Å²) < 4.78 is 16.5. The zero-order chi connectivity index (χ0) is 18.2. The number of ether oxygens (including phenoxy) is 3. The van der Waals surface area contributed by atoms with Gasteiger partial charge in [-0.15, -0.1) is 0 Å². The van der Waals surface area contributed by atoms with Gasteiger partial charge in [-0.2, -0.15) is 5.10 Å². The summed E-state index contributed by atoms with van der Waals surface area (Å²) in [7, 11) is 3.10. The number of amides is 1. The molecule has 2 aromatic rings. The second-order valence-electron chi connectivity index (χ2n) is 4.77. The van der Waals surface area contributed by atoms with Gasteiger partial charge in [0.15, 0.2) is 18.1 Å². The summed E-state index contributed by atoms with van der Waals surface area (Å²) in [5, 5.41) is 4.50. The van der Waals surface area contributed by atoms with Crippen LogP contribution in [0.4, 0.5) is 0 Å². The maximum atomic E-state index is 11.7. The fourth-order valence-corrected chi connectivity index (χ4v) is 2.65. The molecular formula is C17H16BrClN2O4. The molecule has 1 amide bonds. The zero-order valence-electron chi connectivity index (χ0n) is 13.6. The van der Waals surface area contributed by atoms with E-state index in [4.69, 9.17) is 25.8 Å². The Labute approximate surface area is 158 Å². The average molecular weight is 428 g/mol. The van der Waals surface area contributed by atoms with Gasteiger partial charge in [-0.25, -0.2) is 5.43 Å². The number of carbonyl (C=O) groups is 1. The molecule has 0 aliphatic carbocycles. The maximum Gasteiger partial charge on any atom is 0.277 e. The molecule has 0 radical (unpaired) electrons. The predicted octanol–water partition coefficient (Wildman–Crippen LogP) is 3.65. The lowest BCUT2D eigenvalue weighted by Gasteiger charge is -2.10. The van der Waals surface area contributed by atoms with Gasteiger partial charge in [0.05, 0.1) is 24.9 Å². The average Bonchev–Trinajstić information content (AvgIpc) is 2.60. The molecule has 0 aromatic heterocycles. The van der Waals surface area contributed by atoms with E-state index in [0.717, 1.165) is 5.56 Å². The number of rotatable bonds is 7. The van der Waals surface area contributed by atoms with Crippen LogP contribution in [-0.4, -0.2) is 32.9 Å². The molecule has 25 heavy (non-hydrogen) atoms. The molecule has 0 unspecified atom stereocenters. The molecular weight excluding hydrogens is 412 g/mol. The SMILES string of the molecule is COc1cc(/C=N\NC(=O)COc2ccc(Cl)cc2)cc(Br)c1OC. The van der Waals surface area contributed by atoms with Crippen molar-refractivity contribution in [1.29, 1.82) is 0 Å². The van der Waals surface area contributed by atoms with Crippen LogP contribution < -0.4 is 19.6 Å². The largest absolute Gasteiger partial charge is 0.493 e. The lowest BCUT2D eigenvalue weighted by atomic mass is 10.2. The van der Waals surface area contributed by atoms with Crippen LogP contribution in [-0.2, 0) is 4.79 Å². The molecule has 0 bridgehead atoms. The molecule has 0 aliphatic heterocycles. The Morgan fingerprint density at radius 3 is 2.60 bits per heavy atom. The quantitative estimate of drug-likeness (QED) is 0.541. The number of hydrogen-bond donors (Lipinski definition) is 1. The highest BCUT2D eigenvalue weighted by Gasteiger charge is 2.09. The molecule has 6 nitrogen and oxygen atoms in total. The van der Waals surface area contributed by atoms with E-state index in [0.29, 0.717) is 26.7 Å². The van der Waals surface area contributed by atoms with E-state index >= 15 is 0 Å². The summed E-state index contributed by atoms with van der Waals surface area (Å²) in [6, 6.07) is 10.3. The van der Waals surface area contributed by atoms with Crippen molar-refractivity contribution in [2.24, 2.45) is 5.10 Å². The number of nitrogens with zero attached hydrogens (tertiary/aromatic N) is 1. The predicted molar refractivity (Wildman–Crippen MR) is 99.9 cm³/mol. The second kappa shape index (κ2) is 9.29. The van der Waals surface area contributed by atoms with E-state index in [1.807, 2.05) is 0 Å². The third-order valence-electron chi connectivity index (χ3n) is 3.04. The minimum Gasteiger partial charge on any atom is -0.493 e. The summed E-state index contributed by atoms with van der Waals surface area (Å²) in [6.07, 6.45) is 1.49. The van der Waals surface area contributed by atoms with Crippen molar-refractivity contribution in [1.82, 2.24) is 5.43 Å². The van der Waals surface area contributed by atoms with Gasteiger partial charge in [0.25, 0.3) is 5.91 Å². The Morgan fingerprint density at radius 1 is 1.24 bits per heavy atom. The van der Waals surface area contributed by atoms with Crippen LogP contribution in [0.5, 0.6) is 17.2 Å². The molecule has 0 saturated heterocycles. The van der Waals surface area contributed by atoms with E-state index in [1.165, 1.54) is 6.21 Å². The maximum absolute atomic E-state index is 11.7. The van der Waals surface area contributed by atoms with Crippen LogP contribution in [0.25, 0.3) is 0 Å². The van der Waals surface area contributed by atoms with Crippen LogP contribution in [0.1, 0.15) is 5.56 Å². The topological polar surface area (TPSA) is 69.2 Å². The molecule has 2 aromatic carbocycles. The smallest absolute Gasteiger partial charge is 0.277 e. The van der Waals surface area contributed by atoms with Crippen LogP contribution >= 0.6 is 27.5 Å². The Hall–Kier alpha value is -2.25. The van der Waals surface area contributed by atoms with Crippen LogP contribution in [0.15, 0.2) is 46.0 Å². The fourth-order valence-electron chi connectivity index (χ4n) is 1.90. The minimum absolute atomic E-state index is 0.158. The molecule has 0 spiro atoms. The molecule has 0 saturated carbocycles. The van der Waals surface area contributed by atoms with Gasteiger partial charge >= 0.3 is 0 Å². The minimum atomic E-state index is -0.384. The summed E-state index contributed by atoms with van der Waals surface area (Å²) in [4.78, 5) is 11.7. The van der Waals surface area contributed by atoms with Crippen LogP contribution in [0.3, 0.4) is 0 Å². The van der Waals surface area contributed by atoms with E-state index < -0.39 is 0 Å². The number of halogens is 2. The summed E-state index contributed by atoms with van der Waals surface area (Å²) in [5.41, 5.74) is 3.12. The monoisotopic (exact) mass is 426 g/mol. The molecule has 132 valence electrons. The molecule has 1 N–H and O–H groups in total. The van der Waals surface area contributed by atoms with Gasteiger partial charge in [0, 0.05) is 5.02 Å². The summed E-state index contributed by atoms with van der Waals surface area (Å²) in [6.45, 7) is -0.158. The van der Waals surface area contributed by atoms with Gasteiger partial charge in [-0.3, -0.25) is 4.79 Å². The van der Waals surface area contributed by atoms with Crippen LogP contribution in [0, 0.1) is 0 Å². The molecule has 0 aliphatic rings. The van der Waals surface area contributed by atoms with E-state index in [1.54, 1.807) is 50.6 Å². The summed E-state index contributed by atoms with van der Waals surface area (Å²) in [5.74, 6) is 1.30. The van der Waals surface area contributed by atoms with Crippen molar-refractivity contribution in [3.05, 3.63) is 51.5 Å². The van der Waals surface area contributed by atoms with Crippen molar-refractivity contribution in [2.75, 3.05) is 20.8 Å². The first kappa shape index (κ1) is 19.1. The normalized spacial score (nSPS) is 10.6. The Bertz CT molecular complexity index is 766. The molecule has 8 heteroatoms. The number of carbonyl (C=O) groups excluding carboxylic acids is 1. The Kier molecular flexibility index (Phi) is 7.09. The lowest BCUT2D eigenvalue weighted by Crippen LogP contribution is -2.24. The van der Waals surface area contributed by atoms with Gasteiger partial charge in [0.2, 0.25) is 0 Å². The van der Waals surface area contributed by atoms with Crippen LogP contribution in [0.2, 0.25) is 5.02 Å². The number of hydrogen-bond acceptors (Lipinski definition) is 5. The van der Waals surface area contributed by atoms with E-state index in [9.17, 15) is 4.79 Å². The van der Waals surface area contributed by atoms with Crippen molar-refractivity contribution in [2.45, 2.75) is 0 Å². The van der Waals surface area contributed by atoms with Crippen molar-refractivity contribution < 1.29 is 19.0 Å². The second-order valence-corrected chi connectivity index (χ2v) is 6.06. The number of hydrazone groups is 1. The zero-order valence-corrected chi connectivity index (χ0v) is 15.9. The van der Waals surface area contributed by atoms with Crippen molar-refractivity contribution in [3.8, 4) is 17.2 Å². The van der Waals surface area contributed by atoms with Gasteiger partial charge in [-0.05, 0) is 57.9 Å². The third kappa shape index (κ3) is 5.65. The number of benzene rings is 2. The Balaban J connectivity index is 1.90. The van der Waals surface area contributed by atoms with E-state index in [-0.39, 0.29) is 12.5 Å². The molecule has 0 atom stereocenters. The van der Waals surface area contributed by atoms with Gasteiger partial charge in [0.1, 0.15) is 5.75 Å². The number of nitrogens with one attached hydrogen (secondary N) is 1. The summed E-state index contributed by atoms with van der Waals surface area (Å²) >= 11 is 9.17.